The van der Waals surface area contributed by atoms with Gasteiger partial charge in [-0.05, 0) is 41.7 Å². The van der Waals surface area contributed by atoms with Crippen LogP contribution < -0.4 is 4.74 Å². The maximum absolute atomic E-state index is 9.07. The van der Waals surface area contributed by atoms with Crippen LogP contribution in [-0.4, -0.2) is 18.3 Å². The van der Waals surface area contributed by atoms with Crippen LogP contribution in [0.1, 0.15) is 57.2 Å². The van der Waals surface area contributed by atoms with Crippen LogP contribution in [0.25, 0.3) is 5.57 Å². The molecule has 0 fully saturated rings. The first-order chi connectivity index (χ1) is 8.86. The number of fused-ring (bicyclic) bond motifs is 1. The van der Waals surface area contributed by atoms with Crippen molar-refractivity contribution in [1.82, 2.24) is 0 Å². The van der Waals surface area contributed by atoms with Gasteiger partial charge in [-0.25, -0.2) is 0 Å². The third kappa shape index (κ3) is 2.55. The molecule has 2 rings (SSSR count). The van der Waals surface area contributed by atoms with Crippen molar-refractivity contribution in [3.8, 4) is 5.75 Å². The van der Waals surface area contributed by atoms with Crippen LogP contribution in [0.3, 0.4) is 0 Å². The minimum absolute atomic E-state index is 0.0640. The summed E-state index contributed by atoms with van der Waals surface area (Å²) in [6.07, 6.45) is 1.86. The molecule has 1 aliphatic rings. The van der Waals surface area contributed by atoms with E-state index in [1.807, 2.05) is 13.0 Å². The van der Waals surface area contributed by atoms with Crippen molar-refractivity contribution < 1.29 is 9.84 Å². The lowest BCUT2D eigenvalue weighted by Gasteiger charge is -2.18. The lowest BCUT2D eigenvalue weighted by Crippen LogP contribution is -2.18. The number of aliphatic hydroxyl groups is 1. The maximum atomic E-state index is 9.07. The molecule has 0 saturated heterocycles. The lowest BCUT2D eigenvalue weighted by molar-refractivity contribution is 0.288. The number of benzene rings is 1. The van der Waals surface area contributed by atoms with Gasteiger partial charge in [0, 0.05) is 11.0 Å². The van der Waals surface area contributed by atoms with Crippen LogP contribution in [0, 0.1) is 0 Å². The third-order valence-electron chi connectivity index (χ3n) is 3.90. The van der Waals surface area contributed by atoms with E-state index in [4.69, 9.17) is 9.84 Å². The van der Waals surface area contributed by atoms with Crippen molar-refractivity contribution in [3.63, 3.8) is 0 Å². The second kappa shape index (κ2) is 5.01. The molecule has 1 aliphatic heterocycles. The summed E-state index contributed by atoms with van der Waals surface area (Å²) in [4.78, 5) is 0. The summed E-state index contributed by atoms with van der Waals surface area (Å²) in [5, 5.41) is 9.07. The van der Waals surface area contributed by atoms with Crippen molar-refractivity contribution in [1.29, 1.82) is 0 Å². The van der Waals surface area contributed by atoms with E-state index in [1.54, 1.807) is 0 Å². The number of hydrogen-bond acceptors (Lipinski definition) is 2. The molecule has 0 atom stereocenters. The molecule has 0 spiro atoms. The molecule has 0 bridgehead atoms. The van der Waals surface area contributed by atoms with Gasteiger partial charge in [-0.15, -0.1) is 0 Å². The van der Waals surface area contributed by atoms with Gasteiger partial charge in [0.25, 0.3) is 0 Å². The number of allylic oxidation sites excluding steroid dienone is 1. The van der Waals surface area contributed by atoms with Crippen LogP contribution in [-0.2, 0) is 5.41 Å². The predicted molar refractivity (Wildman–Crippen MR) is 79.8 cm³/mol. The Hall–Kier alpha value is -1.28. The van der Waals surface area contributed by atoms with Gasteiger partial charge in [-0.3, -0.25) is 0 Å². The van der Waals surface area contributed by atoms with Gasteiger partial charge in [0.2, 0.25) is 0 Å². The minimum atomic E-state index is 0.0640. The molecule has 1 heterocycles. The monoisotopic (exact) mass is 260 g/mol. The van der Waals surface area contributed by atoms with E-state index in [0.29, 0.717) is 5.92 Å². The molecule has 1 N–H and O–H groups in total. The first kappa shape index (κ1) is 14.1. The molecule has 2 heteroatoms. The molecule has 0 radical (unpaired) electrons. The molecule has 2 nitrogen and oxygen atoms in total. The zero-order chi connectivity index (χ0) is 14.2. The van der Waals surface area contributed by atoms with Gasteiger partial charge in [0.15, 0.2) is 0 Å². The Labute approximate surface area is 116 Å². The average Bonchev–Trinajstić information content (AvgIpc) is 2.64. The first-order valence-corrected chi connectivity index (χ1v) is 6.96. The van der Waals surface area contributed by atoms with E-state index >= 15 is 0 Å². The second-order valence-corrected chi connectivity index (χ2v) is 6.34. The Kier molecular flexibility index (Phi) is 3.73. The molecule has 0 saturated carbocycles. The highest BCUT2D eigenvalue weighted by Gasteiger charge is 2.34. The van der Waals surface area contributed by atoms with Crippen molar-refractivity contribution in [2.45, 2.75) is 46.0 Å². The number of hydrogen-bond donors (Lipinski definition) is 1. The summed E-state index contributed by atoms with van der Waals surface area (Å²) >= 11 is 0. The van der Waals surface area contributed by atoms with Crippen LogP contribution in [0.2, 0.25) is 0 Å². The fraction of sp³-hybridized carbons (Fsp3) is 0.529. The Morgan fingerprint density at radius 2 is 2.11 bits per heavy atom. The number of aliphatic hydroxyl groups excluding tert-OH is 1. The van der Waals surface area contributed by atoms with Gasteiger partial charge in [0.05, 0.1) is 13.2 Å². The third-order valence-corrected chi connectivity index (χ3v) is 3.90. The quantitative estimate of drug-likeness (QED) is 0.893. The van der Waals surface area contributed by atoms with E-state index in [-0.39, 0.29) is 12.0 Å². The molecule has 104 valence electrons. The summed E-state index contributed by atoms with van der Waals surface area (Å²) in [5.74, 6) is 1.50. The summed E-state index contributed by atoms with van der Waals surface area (Å²) in [7, 11) is 0. The zero-order valence-corrected chi connectivity index (χ0v) is 12.6. The zero-order valence-electron chi connectivity index (χ0n) is 12.6. The summed E-state index contributed by atoms with van der Waals surface area (Å²) < 4.78 is 5.93. The largest absolute Gasteiger partial charge is 0.492 e. The number of ether oxygens (including phenoxy) is 1. The van der Waals surface area contributed by atoms with E-state index < -0.39 is 0 Å². The molecule has 0 unspecified atom stereocenters. The highest BCUT2D eigenvalue weighted by molar-refractivity contribution is 5.68. The molecule has 0 aromatic heterocycles. The molecular weight excluding hydrogens is 236 g/mol. The van der Waals surface area contributed by atoms with Crippen LogP contribution >= 0.6 is 0 Å². The predicted octanol–water partition coefficient (Wildman–Crippen LogP) is 3.88. The molecular formula is C17H24O2. The Morgan fingerprint density at radius 1 is 1.42 bits per heavy atom. The topological polar surface area (TPSA) is 29.5 Å². The van der Waals surface area contributed by atoms with Gasteiger partial charge in [0.1, 0.15) is 5.75 Å². The van der Waals surface area contributed by atoms with Gasteiger partial charge in [-0.1, -0.05) is 33.8 Å². The van der Waals surface area contributed by atoms with Crippen molar-refractivity contribution in [3.05, 3.63) is 34.9 Å². The summed E-state index contributed by atoms with van der Waals surface area (Å²) in [6, 6.07) is 4.42. The molecule has 1 aromatic carbocycles. The molecule has 19 heavy (non-hydrogen) atoms. The summed E-state index contributed by atoms with van der Waals surface area (Å²) in [6.45, 7) is 11.7. The van der Waals surface area contributed by atoms with Gasteiger partial charge < -0.3 is 9.84 Å². The van der Waals surface area contributed by atoms with Crippen LogP contribution in [0.4, 0.5) is 0 Å². The molecule has 1 aromatic rings. The van der Waals surface area contributed by atoms with Crippen molar-refractivity contribution >= 4 is 5.57 Å². The fourth-order valence-corrected chi connectivity index (χ4v) is 2.56. The average molecular weight is 260 g/mol. The Morgan fingerprint density at radius 3 is 2.68 bits per heavy atom. The smallest absolute Gasteiger partial charge is 0.126 e. The van der Waals surface area contributed by atoms with Gasteiger partial charge >= 0.3 is 0 Å². The standard InChI is InChI=1S/C17H24O2/c1-11(2)14-8-13(12(3)6-7-18)9-15-16(14)19-10-17(15,4)5/h6,8-9,11,18H,7,10H2,1-5H3/b12-6-. The summed E-state index contributed by atoms with van der Waals surface area (Å²) in [5.41, 5.74) is 4.93. The Balaban J connectivity index is 2.62. The normalized spacial score (nSPS) is 17.5. The SMILES string of the molecule is C/C(=C/CO)c1cc(C(C)C)c2c(c1)C(C)(C)CO2. The second-order valence-electron chi connectivity index (χ2n) is 6.34. The lowest BCUT2D eigenvalue weighted by atomic mass is 9.83. The van der Waals surface area contributed by atoms with E-state index in [9.17, 15) is 0 Å². The van der Waals surface area contributed by atoms with Crippen molar-refractivity contribution in [2.75, 3.05) is 13.2 Å². The Bertz CT molecular complexity index is 510. The maximum Gasteiger partial charge on any atom is 0.126 e. The van der Waals surface area contributed by atoms with Crippen molar-refractivity contribution in [2.24, 2.45) is 0 Å². The number of rotatable bonds is 3. The highest BCUT2D eigenvalue weighted by atomic mass is 16.5. The van der Waals surface area contributed by atoms with Crippen LogP contribution in [0.5, 0.6) is 5.75 Å². The van der Waals surface area contributed by atoms with E-state index in [1.165, 1.54) is 16.7 Å². The first-order valence-electron chi connectivity index (χ1n) is 6.96. The minimum Gasteiger partial charge on any atom is -0.492 e. The fourth-order valence-electron chi connectivity index (χ4n) is 2.56. The van der Waals surface area contributed by atoms with E-state index in [0.717, 1.165) is 17.9 Å². The van der Waals surface area contributed by atoms with E-state index in [2.05, 4.69) is 39.8 Å². The highest BCUT2D eigenvalue weighted by Crippen LogP contribution is 2.44. The van der Waals surface area contributed by atoms with Crippen LogP contribution in [0.15, 0.2) is 18.2 Å². The molecule has 0 amide bonds. The molecule has 0 aliphatic carbocycles. The van der Waals surface area contributed by atoms with Gasteiger partial charge in [-0.2, -0.15) is 0 Å².